The van der Waals surface area contributed by atoms with Crippen molar-refractivity contribution in [2.45, 2.75) is 26.2 Å². The molecule has 0 fully saturated rings. The van der Waals surface area contributed by atoms with Crippen LogP contribution in [0.3, 0.4) is 0 Å². The van der Waals surface area contributed by atoms with E-state index in [0.717, 1.165) is 12.8 Å². The molecule has 0 aliphatic heterocycles. The van der Waals surface area contributed by atoms with Crippen molar-refractivity contribution in [2.75, 3.05) is 5.75 Å². The lowest BCUT2D eigenvalue weighted by Gasteiger charge is -1.92. The maximum atomic E-state index is 10.1. The van der Waals surface area contributed by atoms with E-state index in [1.54, 1.807) is 12.4 Å². The Labute approximate surface area is 84.3 Å². The van der Waals surface area contributed by atoms with Crippen LogP contribution >= 0.6 is 0 Å². The summed E-state index contributed by atoms with van der Waals surface area (Å²) in [4.78, 5) is 0. The Hall–Kier alpha value is -0.880. The van der Waals surface area contributed by atoms with Crippen molar-refractivity contribution in [3.63, 3.8) is 0 Å². The van der Waals surface area contributed by atoms with Gasteiger partial charge in [0.2, 0.25) is 0 Å². The number of hydrogen-bond acceptors (Lipinski definition) is 3. The Balaban J connectivity index is 0.000000280. The first-order valence-corrected chi connectivity index (χ1v) is 6.06. The first kappa shape index (κ1) is 13.1. The van der Waals surface area contributed by atoms with E-state index in [-0.39, 0.29) is 5.75 Å². The molecule has 1 aromatic rings. The van der Waals surface area contributed by atoms with Crippen LogP contribution in [0.5, 0.6) is 0 Å². The van der Waals surface area contributed by atoms with Crippen LogP contribution in [-0.4, -0.2) is 28.9 Å². The maximum absolute atomic E-state index is 10.1. The highest BCUT2D eigenvalue weighted by Gasteiger charge is 2.01. The number of hydrogen-bond donors (Lipinski definition) is 2. The van der Waals surface area contributed by atoms with Gasteiger partial charge in [0.25, 0.3) is 10.1 Å². The Morgan fingerprint density at radius 3 is 2.43 bits per heavy atom. The molecule has 0 saturated carbocycles. The zero-order chi connectivity index (χ0) is 10.9. The number of nitrogens with one attached hydrogen (secondary N) is 1. The molecule has 1 heterocycles. The Bertz CT molecular complexity index is 277. The fourth-order valence-electron chi connectivity index (χ4n) is 0.750. The predicted molar refractivity (Wildman–Crippen MR) is 54.5 cm³/mol. The Morgan fingerprint density at radius 1 is 1.43 bits per heavy atom. The van der Waals surface area contributed by atoms with Crippen LogP contribution in [0.2, 0.25) is 0 Å². The van der Waals surface area contributed by atoms with E-state index in [1.807, 2.05) is 13.0 Å². The van der Waals surface area contributed by atoms with Crippen LogP contribution in [0.15, 0.2) is 18.5 Å². The molecule has 1 rings (SSSR count). The van der Waals surface area contributed by atoms with Crippen molar-refractivity contribution in [1.29, 1.82) is 0 Å². The molecule has 0 spiro atoms. The first-order chi connectivity index (χ1) is 6.56. The third kappa shape index (κ3) is 11.1. The molecule has 82 valence electrons. The molecule has 1 aromatic heterocycles. The van der Waals surface area contributed by atoms with Gasteiger partial charge in [0, 0.05) is 12.4 Å². The minimum atomic E-state index is -3.70. The van der Waals surface area contributed by atoms with E-state index >= 15 is 0 Å². The van der Waals surface area contributed by atoms with Crippen LogP contribution in [0.1, 0.15) is 26.2 Å². The van der Waals surface area contributed by atoms with Crippen LogP contribution in [-0.2, 0) is 10.1 Å². The Morgan fingerprint density at radius 2 is 2.14 bits per heavy atom. The molecule has 0 atom stereocenters. The summed E-state index contributed by atoms with van der Waals surface area (Å²) in [7, 11) is -3.70. The minimum Gasteiger partial charge on any atom is -0.286 e. The van der Waals surface area contributed by atoms with Gasteiger partial charge in [-0.1, -0.05) is 19.8 Å². The van der Waals surface area contributed by atoms with Crippen LogP contribution in [0.25, 0.3) is 0 Å². The number of unbranched alkanes of at least 4 members (excludes halogenated alkanes) is 2. The van der Waals surface area contributed by atoms with E-state index < -0.39 is 10.1 Å². The average Bonchev–Trinajstić information content (AvgIpc) is 2.59. The van der Waals surface area contributed by atoms with Gasteiger partial charge in [-0.3, -0.25) is 9.65 Å². The highest BCUT2D eigenvalue weighted by molar-refractivity contribution is 7.85. The van der Waals surface area contributed by atoms with Gasteiger partial charge < -0.3 is 0 Å². The summed E-state index contributed by atoms with van der Waals surface area (Å²) in [6, 6.07) is 1.83. The molecule has 6 heteroatoms. The van der Waals surface area contributed by atoms with E-state index in [4.69, 9.17) is 4.55 Å². The quantitative estimate of drug-likeness (QED) is 0.594. The normalized spacial score (nSPS) is 10.4. The summed E-state index contributed by atoms with van der Waals surface area (Å²) in [6.07, 6.45) is 5.85. The van der Waals surface area contributed by atoms with Crippen molar-refractivity contribution in [2.24, 2.45) is 0 Å². The molecule has 0 aromatic carbocycles. The van der Waals surface area contributed by atoms with Crippen molar-refractivity contribution in [1.82, 2.24) is 10.2 Å². The molecule has 0 radical (unpaired) electrons. The molecular formula is C8H16N2O3S. The van der Waals surface area contributed by atoms with Gasteiger partial charge in [-0.15, -0.1) is 0 Å². The second kappa shape index (κ2) is 7.52. The minimum absolute atomic E-state index is 0.0964. The van der Waals surface area contributed by atoms with Gasteiger partial charge in [0.1, 0.15) is 0 Å². The highest BCUT2D eigenvalue weighted by atomic mass is 32.2. The second-order valence-electron chi connectivity index (χ2n) is 2.76. The summed E-state index contributed by atoms with van der Waals surface area (Å²) in [6.45, 7) is 1.98. The van der Waals surface area contributed by atoms with Crippen molar-refractivity contribution < 1.29 is 13.0 Å². The van der Waals surface area contributed by atoms with Crippen molar-refractivity contribution in [3.05, 3.63) is 18.5 Å². The largest absolute Gasteiger partial charge is 0.286 e. The monoisotopic (exact) mass is 220 g/mol. The number of rotatable bonds is 4. The van der Waals surface area contributed by atoms with Gasteiger partial charge in [-0.25, -0.2) is 0 Å². The lowest BCUT2D eigenvalue weighted by molar-refractivity contribution is 0.480. The maximum Gasteiger partial charge on any atom is 0.264 e. The fourth-order valence-corrected chi connectivity index (χ4v) is 1.32. The number of aromatic nitrogens is 2. The second-order valence-corrected chi connectivity index (χ2v) is 4.33. The van der Waals surface area contributed by atoms with E-state index in [9.17, 15) is 8.42 Å². The third-order valence-electron chi connectivity index (χ3n) is 1.41. The summed E-state index contributed by atoms with van der Waals surface area (Å²) in [5, 5.41) is 6.21. The van der Waals surface area contributed by atoms with E-state index in [1.165, 1.54) is 0 Å². The molecule has 0 unspecified atom stereocenters. The lowest BCUT2D eigenvalue weighted by atomic mass is 10.3. The first-order valence-electron chi connectivity index (χ1n) is 4.45. The van der Waals surface area contributed by atoms with Gasteiger partial charge >= 0.3 is 0 Å². The number of nitrogens with zero attached hydrogens (tertiary/aromatic N) is 1. The highest BCUT2D eigenvalue weighted by Crippen LogP contribution is 1.96. The molecule has 0 saturated heterocycles. The Kier molecular flexibility index (Phi) is 7.04. The number of aromatic amines is 1. The molecule has 0 bridgehead atoms. The number of H-pyrrole nitrogens is 1. The zero-order valence-electron chi connectivity index (χ0n) is 8.18. The van der Waals surface area contributed by atoms with Crippen molar-refractivity contribution >= 4 is 10.1 Å². The molecule has 2 N–H and O–H groups in total. The molecule has 0 aliphatic rings. The molecule has 14 heavy (non-hydrogen) atoms. The van der Waals surface area contributed by atoms with Gasteiger partial charge in [-0.05, 0) is 12.5 Å². The van der Waals surface area contributed by atoms with Gasteiger partial charge in [0.15, 0.2) is 0 Å². The summed E-state index contributed by atoms with van der Waals surface area (Å²) in [5.74, 6) is -0.0964. The fraction of sp³-hybridized carbons (Fsp3) is 0.625. The van der Waals surface area contributed by atoms with Crippen LogP contribution in [0, 0.1) is 0 Å². The van der Waals surface area contributed by atoms with Gasteiger partial charge in [0.05, 0.1) is 5.75 Å². The van der Waals surface area contributed by atoms with Gasteiger partial charge in [-0.2, -0.15) is 13.5 Å². The molecule has 0 aliphatic carbocycles. The average molecular weight is 220 g/mol. The standard InChI is InChI=1S/C5H12O3S.C3H4N2/c1-2-3-4-5-9(6,7)8;1-2-4-5-3-1/h2-5H2,1H3,(H,6,7,8);1-3H,(H,4,5). The summed E-state index contributed by atoms with van der Waals surface area (Å²) in [5.41, 5.74) is 0. The van der Waals surface area contributed by atoms with Crippen molar-refractivity contribution in [3.8, 4) is 0 Å². The van der Waals surface area contributed by atoms with Crippen LogP contribution < -0.4 is 0 Å². The zero-order valence-corrected chi connectivity index (χ0v) is 9.00. The van der Waals surface area contributed by atoms with Crippen LogP contribution in [0.4, 0.5) is 0 Å². The molecule has 5 nitrogen and oxygen atoms in total. The smallest absolute Gasteiger partial charge is 0.264 e. The lowest BCUT2D eigenvalue weighted by Crippen LogP contribution is -2.02. The third-order valence-corrected chi connectivity index (χ3v) is 2.22. The summed E-state index contributed by atoms with van der Waals surface area (Å²) < 4.78 is 28.3. The van der Waals surface area contributed by atoms with E-state index in [0.29, 0.717) is 6.42 Å². The molecular weight excluding hydrogens is 204 g/mol. The summed E-state index contributed by atoms with van der Waals surface area (Å²) >= 11 is 0. The van der Waals surface area contributed by atoms with E-state index in [2.05, 4.69) is 10.2 Å². The SMILES string of the molecule is CCCCCS(=O)(=O)O.c1cn[nH]c1. The topological polar surface area (TPSA) is 83.1 Å². The molecule has 0 amide bonds. The predicted octanol–water partition coefficient (Wildman–Crippen LogP) is 1.47.